The Bertz CT molecular complexity index is 1720. The summed E-state index contributed by atoms with van der Waals surface area (Å²) < 4.78 is 4.76. The number of benzene rings is 2. The lowest BCUT2D eigenvalue weighted by molar-refractivity contribution is -0.135. The molecule has 3 atom stereocenters. The van der Waals surface area contributed by atoms with E-state index in [9.17, 15) is 9.59 Å². The first-order valence-electron chi connectivity index (χ1n) is 16.9. The van der Waals surface area contributed by atoms with E-state index in [1.54, 1.807) is 0 Å². The number of fused-ring (bicyclic) bond motifs is 1. The molecule has 2 amide bonds. The molecule has 0 unspecified atom stereocenters. The molecule has 7 rings (SSSR count). The number of amides is 2. The van der Waals surface area contributed by atoms with Crippen LogP contribution in [0.25, 0.3) is 22.5 Å². The number of methoxy groups -OCH3 is 1. The number of nitrogens with zero attached hydrogens (tertiary/aromatic N) is 4. The number of H-pyrrole nitrogens is 2. The Hall–Kier alpha value is -4.64. The van der Waals surface area contributed by atoms with Gasteiger partial charge in [0.2, 0.25) is 5.91 Å². The minimum absolute atomic E-state index is 0.0792. The van der Waals surface area contributed by atoms with Crippen molar-refractivity contribution in [2.45, 2.75) is 70.5 Å². The van der Waals surface area contributed by atoms with Crippen LogP contribution in [0.4, 0.5) is 16.2 Å². The smallest absolute Gasteiger partial charge is 0.407 e. The first-order valence-corrected chi connectivity index (χ1v) is 16.9. The van der Waals surface area contributed by atoms with Gasteiger partial charge in [0.25, 0.3) is 0 Å². The molecule has 5 heterocycles. The molecule has 0 bridgehead atoms. The summed E-state index contributed by atoms with van der Waals surface area (Å²) in [6.07, 6.45) is 9.34. The molecule has 0 spiro atoms. The molecule has 3 aliphatic heterocycles. The average molecular weight is 637 g/mol. The van der Waals surface area contributed by atoms with E-state index in [0.29, 0.717) is 12.6 Å². The molecule has 4 N–H and O–H groups in total. The topological polar surface area (TPSA) is 131 Å². The molecule has 0 saturated carbocycles. The van der Waals surface area contributed by atoms with E-state index in [-0.39, 0.29) is 17.9 Å². The zero-order valence-electron chi connectivity index (χ0n) is 27.4. The fourth-order valence-corrected chi connectivity index (χ4v) is 7.38. The number of hydrogen-bond acceptors (Lipinski definition) is 7. The number of carbonyl (C=O) groups is 2. The molecule has 0 aliphatic carbocycles. The zero-order chi connectivity index (χ0) is 32.5. The number of alkyl carbamates (subject to hydrolysis) is 1. The highest BCUT2D eigenvalue weighted by Gasteiger charge is 2.37. The number of nitrogens with one attached hydrogen (secondary N) is 4. The van der Waals surface area contributed by atoms with Crippen LogP contribution in [0.1, 0.15) is 75.2 Å². The van der Waals surface area contributed by atoms with E-state index >= 15 is 0 Å². The summed E-state index contributed by atoms with van der Waals surface area (Å²) >= 11 is 0. The van der Waals surface area contributed by atoms with Gasteiger partial charge in [-0.05, 0) is 80.3 Å². The number of likely N-dealkylation sites (tertiary alicyclic amines) is 1. The quantitative estimate of drug-likeness (QED) is 0.186. The van der Waals surface area contributed by atoms with E-state index in [1.165, 1.54) is 30.3 Å². The molecule has 2 fully saturated rings. The standard InChI is InChI=1S/C36H44N8O3/c1-22(2)32(42-36(46)47-3)35(45)44-19-7-12-31(44)34-39-20-28(40-34)23-13-15-24(16-14-23)43-18-6-9-26-25(8-4-11-30(26)43)29-21-38-33(41-29)27-10-5-17-37-27/h4,8,11,13-16,20-22,27,31-32,37H,5-7,9-10,12,17-19H2,1-3H3,(H,38,41)(H,39,40)(H,42,46)/t27-,31-,32-/m0/s1. The maximum atomic E-state index is 13.5. The van der Waals surface area contributed by atoms with Crippen molar-refractivity contribution in [1.82, 2.24) is 35.5 Å². The molecule has 0 radical (unpaired) electrons. The highest BCUT2D eigenvalue weighted by Crippen LogP contribution is 2.40. The third-order valence-corrected chi connectivity index (χ3v) is 9.86. The molecular weight excluding hydrogens is 592 g/mol. The van der Waals surface area contributed by atoms with Gasteiger partial charge in [0.15, 0.2) is 0 Å². The minimum Gasteiger partial charge on any atom is -0.453 e. The average Bonchev–Trinajstić information content (AvgIpc) is 3.93. The summed E-state index contributed by atoms with van der Waals surface area (Å²) in [5.41, 5.74) is 8.00. The van der Waals surface area contributed by atoms with Crippen LogP contribution in [0.2, 0.25) is 0 Å². The van der Waals surface area contributed by atoms with Crippen LogP contribution in [-0.4, -0.2) is 69.6 Å². The van der Waals surface area contributed by atoms with Crippen LogP contribution in [0.3, 0.4) is 0 Å². The Morgan fingerprint density at radius 1 is 0.936 bits per heavy atom. The number of aromatic amines is 2. The van der Waals surface area contributed by atoms with Gasteiger partial charge in [0.05, 0.1) is 43.0 Å². The van der Waals surface area contributed by atoms with Gasteiger partial charge in [-0.25, -0.2) is 14.8 Å². The normalized spacial score (nSPS) is 20.0. The van der Waals surface area contributed by atoms with Crippen molar-refractivity contribution in [3.8, 4) is 22.5 Å². The van der Waals surface area contributed by atoms with Gasteiger partial charge in [0.1, 0.15) is 17.7 Å². The summed E-state index contributed by atoms with van der Waals surface area (Å²) in [6.45, 7) is 6.47. The Morgan fingerprint density at radius 2 is 1.72 bits per heavy atom. The van der Waals surface area contributed by atoms with Crippen molar-refractivity contribution >= 4 is 23.4 Å². The van der Waals surface area contributed by atoms with Gasteiger partial charge >= 0.3 is 6.09 Å². The van der Waals surface area contributed by atoms with Gasteiger partial charge in [-0.3, -0.25) is 4.79 Å². The second kappa shape index (κ2) is 13.2. The van der Waals surface area contributed by atoms with E-state index in [0.717, 1.165) is 79.5 Å². The summed E-state index contributed by atoms with van der Waals surface area (Å²) in [7, 11) is 1.31. The summed E-state index contributed by atoms with van der Waals surface area (Å²) in [5, 5.41) is 6.25. The fraction of sp³-hybridized carbons (Fsp3) is 0.444. The van der Waals surface area contributed by atoms with Gasteiger partial charge in [-0.15, -0.1) is 0 Å². The van der Waals surface area contributed by atoms with E-state index in [2.05, 4.69) is 68.0 Å². The van der Waals surface area contributed by atoms with Crippen LogP contribution >= 0.6 is 0 Å². The minimum atomic E-state index is -0.660. The van der Waals surface area contributed by atoms with E-state index < -0.39 is 12.1 Å². The third-order valence-electron chi connectivity index (χ3n) is 9.86. The van der Waals surface area contributed by atoms with Crippen LogP contribution in [0, 0.1) is 5.92 Å². The summed E-state index contributed by atoms with van der Waals surface area (Å²) in [4.78, 5) is 46.3. The zero-order valence-corrected chi connectivity index (χ0v) is 27.4. The summed E-state index contributed by atoms with van der Waals surface area (Å²) in [6, 6.07) is 14.7. The number of hydrogen-bond donors (Lipinski definition) is 4. The maximum absolute atomic E-state index is 13.5. The van der Waals surface area contributed by atoms with Crippen molar-refractivity contribution in [3.63, 3.8) is 0 Å². The number of anilines is 2. The van der Waals surface area contributed by atoms with Crippen LogP contribution in [0.15, 0.2) is 54.9 Å². The van der Waals surface area contributed by atoms with Gasteiger partial charge in [-0.1, -0.05) is 38.1 Å². The van der Waals surface area contributed by atoms with Crippen molar-refractivity contribution in [2.75, 3.05) is 31.6 Å². The number of aromatic nitrogens is 4. The lowest BCUT2D eigenvalue weighted by atomic mass is 9.94. The van der Waals surface area contributed by atoms with E-state index in [4.69, 9.17) is 14.7 Å². The number of ether oxygens (including phenoxy) is 1. The van der Waals surface area contributed by atoms with Crippen LogP contribution in [0.5, 0.6) is 0 Å². The highest BCUT2D eigenvalue weighted by atomic mass is 16.5. The van der Waals surface area contributed by atoms with Gasteiger partial charge < -0.3 is 35.1 Å². The Balaban J connectivity index is 1.08. The Morgan fingerprint density at radius 3 is 2.49 bits per heavy atom. The largest absolute Gasteiger partial charge is 0.453 e. The van der Waals surface area contributed by atoms with Gasteiger partial charge in [0, 0.05) is 30.0 Å². The van der Waals surface area contributed by atoms with Crippen molar-refractivity contribution in [3.05, 3.63) is 72.1 Å². The SMILES string of the molecule is COC(=O)N[C@H](C(=O)N1CCC[C@H]1c1ncc(-c2ccc(N3CCCc4c(-c5cnc([C@@H]6CCCN6)[nH]5)cccc43)cc2)[nH]1)C(C)C. The molecule has 11 heteroatoms. The fourth-order valence-electron chi connectivity index (χ4n) is 7.38. The molecule has 2 aromatic carbocycles. The molecule has 246 valence electrons. The Labute approximate surface area is 275 Å². The predicted octanol–water partition coefficient (Wildman–Crippen LogP) is 6.02. The Kier molecular flexibility index (Phi) is 8.72. The lowest BCUT2D eigenvalue weighted by Crippen LogP contribution is -2.51. The second-order valence-corrected chi connectivity index (χ2v) is 13.2. The number of carbonyl (C=O) groups excluding carboxylic acids is 2. The second-order valence-electron chi connectivity index (χ2n) is 13.2. The number of imidazole rings is 2. The molecular formula is C36H44N8O3. The first kappa shape index (κ1) is 31.0. The lowest BCUT2D eigenvalue weighted by Gasteiger charge is -2.32. The molecule has 11 nitrogen and oxygen atoms in total. The van der Waals surface area contributed by atoms with Crippen molar-refractivity contribution in [2.24, 2.45) is 5.92 Å². The molecule has 47 heavy (non-hydrogen) atoms. The van der Waals surface area contributed by atoms with Crippen molar-refractivity contribution in [1.29, 1.82) is 0 Å². The highest BCUT2D eigenvalue weighted by molar-refractivity contribution is 5.86. The molecule has 4 aromatic rings. The van der Waals surface area contributed by atoms with Crippen molar-refractivity contribution < 1.29 is 14.3 Å². The van der Waals surface area contributed by atoms with E-state index in [1.807, 2.05) is 31.1 Å². The number of rotatable bonds is 8. The molecule has 3 aliphatic rings. The molecule has 2 saturated heterocycles. The van der Waals surface area contributed by atoms with Crippen LogP contribution < -0.4 is 15.5 Å². The van der Waals surface area contributed by atoms with Gasteiger partial charge in [-0.2, -0.15) is 0 Å². The first-order chi connectivity index (χ1) is 22.9. The molecule has 2 aromatic heterocycles. The monoisotopic (exact) mass is 636 g/mol. The predicted molar refractivity (Wildman–Crippen MR) is 181 cm³/mol. The third kappa shape index (κ3) is 6.12. The summed E-state index contributed by atoms with van der Waals surface area (Å²) in [5.74, 6) is 1.60. The van der Waals surface area contributed by atoms with Crippen LogP contribution in [-0.2, 0) is 16.0 Å². The maximum Gasteiger partial charge on any atom is 0.407 e.